The van der Waals surface area contributed by atoms with Crippen LogP contribution in [0.3, 0.4) is 0 Å². The summed E-state index contributed by atoms with van der Waals surface area (Å²) in [5.74, 6) is -2.44. The number of likely N-dealkylation sites (N-methyl/N-ethyl adjacent to an activating group) is 1. The molecule has 0 saturated heterocycles. The van der Waals surface area contributed by atoms with Gasteiger partial charge < -0.3 is 35.9 Å². The molecule has 41 heavy (non-hydrogen) atoms. The van der Waals surface area contributed by atoms with Crippen molar-refractivity contribution in [1.29, 1.82) is 0 Å². The van der Waals surface area contributed by atoms with E-state index in [0.717, 1.165) is 5.56 Å². The van der Waals surface area contributed by atoms with Crippen LogP contribution < -0.4 is 20.5 Å². The summed E-state index contributed by atoms with van der Waals surface area (Å²) in [6, 6.07) is 10.2. The third kappa shape index (κ3) is 4.24. The number of nitrogens with one attached hydrogen (secondary N) is 3. The van der Waals surface area contributed by atoms with E-state index in [1.165, 1.54) is 0 Å². The predicted molar refractivity (Wildman–Crippen MR) is 154 cm³/mol. The van der Waals surface area contributed by atoms with Gasteiger partial charge >= 0.3 is 0 Å². The molecular formula is C29H37N5O6S. The fourth-order valence-electron chi connectivity index (χ4n) is 5.82. The molecular weight excluding hydrogens is 546 g/mol. The first-order valence-corrected chi connectivity index (χ1v) is 14.9. The fraction of sp³-hybridized carbons (Fsp3) is 0.414. The van der Waals surface area contributed by atoms with Crippen molar-refractivity contribution in [2.45, 2.75) is 56.1 Å². The van der Waals surface area contributed by atoms with Crippen LogP contribution in [0.4, 0.5) is 5.69 Å². The molecule has 11 nitrogen and oxygen atoms in total. The van der Waals surface area contributed by atoms with Crippen LogP contribution in [0.15, 0.2) is 41.4 Å². The number of aromatic amines is 1. The number of aliphatic hydroxyl groups excluding tert-OH is 1. The molecule has 12 heteroatoms. The van der Waals surface area contributed by atoms with Crippen molar-refractivity contribution in [3.63, 3.8) is 0 Å². The highest BCUT2D eigenvalue weighted by Crippen LogP contribution is 2.64. The molecule has 2 heterocycles. The van der Waals surface area contributed by atoms with E-state index in [1.807, 2.05) is 38.9 Å². The molecule has 2 aliphatic rings. The molecule has 0 fully saturated rings. The number of aliphatic hydroxyl groups is 2. The Bertz CT molecular complexity index is 1650. The summed E-state index contributed by atoms with van der Waals surface area (Å²) in [6.07, 6.45) is -1.48. The van der Waals surface area contributed by atoms with Gasteiger partial charge in [0.2, 0.25) is 0 Å². The van der Waals surface area contributed by atoms with Gasteiger partial charge in [0.05, 0.1) is 0 Å². The molecule has 1 amide bonds. The van der Waals surface area contributed by atoms with Crippen LogP contribution in [0, 0.1) is 13.8 Å². The zero-order valence-electron chi connectivity index (χ0n) is 24.0. The van der Waals surface area contributed by atoms with E-state index in [-0.39, 0.29) is 40.0 Å². The van der Waals surface area contributed by atoms with Crippen LogP contribution in [0.25, 0.3) is 0 Å². The number of nitrogen functional groups attached to an aromatic ring is 1. The number of H-pyrrole nitrogens is 1. The number of rotatable bonds is 8. The summed E-state index contributed by atoms with van der Waals surface area (Å²) < 4.78 is 34.9. The van der Waals surface area contributed by atoms with Crippen molar-refractivity contribution in [2.75, 3.05) is 32.9 Å². The van der Waals surface area contributed by atoms with Crippen LogP contribution in [0.5, 0.6) is 5.75 Å². The van der Waals surface area contributed by atoms with E-state index in [9.17, 15) is 23.4 Å². The lowest BCUT2D eigenvalue weighted by atomic mass is 9.81. The first-order valence-electron chi connectivity index (χ1n) is 13.4. The van der Waals surface area contributed by atoms with E-state index < -0.39 is 33.4 Å². The topological polar surface area (TPSA) is 170 Å². The molecule has 2 aromatic carbocycles. The van der Waals surface area contributed by atoms with Gasteiger partial charge in [-0.05, 0) is 62.7 Å². The number of fused-ring (bicyclic) bond motifs is 5. The van der Waals surface area contributed by atoms with Gasteiger partial charge in [0, 0.05) is 35.5 Å². The van der Waals surface area contributed by atoms with Crippen molar-refractivity contribution < 1.29 is 28.2 Å². The van der Waals surface area contributed by atoms with E-state index in [2.05, 4.69) is 15.0 Å². The van der Waals surface area contributed by atoms with Crippen LogP contribution in [0.2, 0.25) is 0 Å². The van der Waals surface area contributed by atoms with E-state index in [4.69, 9.17) is 10.5 Å². The van der Waals surface area contributed by atoms with Gasteiger partial charge in [0.25, 0.3) is 21.7 Å². The molecule has 0 spiro atoms. The highest BCUT2D eigenvalue weighted by Gasteiger charge is 2.71. The SMILES string of the molecule is Cc1c(C(=O)NC23c4ccc(C(C)C)cc4OC2(O)c2cccc(N)c2C3O)[nH]c(S(=O)(=O)NCCN(C)C)c1C. The Labute approximate surface area is 239 Å². The Morgan fingerprint density at radius 3 is 2.54 bits per heavy atom. The van der Waals surface area contributed by atoms with Crippen LogP contribution in [0.1, 0.15) is 69.7 Å². The van der Waals surface area contributed by atoms with Crippen molar-refractivity contribution in [3.8, 4) is 5.75 Å². The zero-order valence-corrected chi connectivity index (χ0v) is 24.8. The van der Waals surface area contributed by atoms with Crippen molar-refractivity contribution in [1.82, 2.24) is 19.9 Å². The summed E-state index contributed by atoms with van der Waals surface area (Å²) in [5.41, 5.74) is 7.19. The minimum atomic E-state index is -3.95. The van der Waals surface area contributed by atoms with Gasteiger partial charge in [-0.25, -0.2) is 13.1 Å². The molecule has 5 rings (SSSR count). The number of sulfonamides is 1. The highest BCUT2D eigenvalue weighted by atomic mass is 32.2. The minimum absolute atomic E-state index is 0.0180. The number of amides is 1. The highest BCUT2D eigenvalue weighted by molar-refractivity contribution is 7.89. The second kappa shape index (κ2) is 9.85. The lowest BCUT2D eigenvalue weighted by Crippen LogP contribution is -2.59. The summed E-state index contributed by atoms with van der Waals surface area (Å²) in [6.45, 7) is 7.96. The molecule has 7 N–H and O–H groups in total. The standard InChI is InChI=1S/C29H37N5O6S/c1-15(2)18-10-11-19-22(14-18)40-29(37)20-8-7-9-21(30)23(20)25(35)28(19,29)33-26(36)24-16(3)17(4)27(32-24)41(38,39)31-12-13-34(5)6/h7-11,14-15,25,31-32,35,37H,12-13,30H2,1-6H3,(H,33,36). The predicted octanol–water partition coefficient (Wildman–Crippen LogP) is 2.09. The summed E-state index contributed by atoms with van der Waals surface area (Å²) >= 11 is 0. The summed E-state index contributed by atoms with van der Waals surface area (Å²) in [5, 5.41) is 26.7. The molecule has 3 aromatic rings. The first-order chi connectivity index (χ1) is 19.2. The monoisotopic (exact) mass is 583 g/mol. The molecule has 1 aliphatic heterocycles. The van der Waals surface area contributed by atoms with Crippen molar-refractivity contribution >= 4 is 21.6 Å². The van der Waals surface area contributed by atoms with Gasteiger partial charge in [-0.2, -0.15) is 0 Å². The number of nitrogens with zero attached hydrogens (tertiary/aromatic N) is 1. The lowest BCUT2D eigenvalue weighted by molar-refractivity contribution is -0.201. The number of aromatic nitrogens is 1. The molecule has 3 atom stereocenters. The van der Waals surface area contributed by atoms with Crippen LogP contribution in [-0.2, 0) is 21.3 Å². The number of ether oxygens (including phenoxy) is 1. The van der Waals surface area contributed by atoms with E-state index >= 15 is 0 Å². The average molecular weight is 584 g/mol. The number of benzene rings is 2. The smallest absolute Gasteiger partial charge is 0.269 e. The molecule has 1 aromatic heterocycles. The van der Waals surface area contributed by atoms with Gasteiger partial charge in [-0.1, -0.05) is 38.1 Å². The molecule has 0 bridgehead atoms. The normalized spacial score (nSPS) is 22.9. The van der Waals surface area contributed by atoms with Gasteiger partial charge in [-0.15, -0.1) is 0 Å². The first kappa shape index (κ1) is 29.1. The Kier molecular flexibility index (Phi) is 6.98. The third-order valence-corrected chi connectivity index (χ3v) is 9.78. The van der Waals surface area contributed by atoms with Crippen molar-refractivity contribution in [3.05, 3.63) is 75.5 Å². The van der Waals surface area contributed by atoms with Gasteiger partial charge in [-0.3, -0.25) is 4.79 Å². The summed E-state index contributed by atoms with van der Waals surface area (Å²) in [4.78, 5) is 18.6. The third-order valence-electron chi connectivity index (χ3n) is 8.25. The van der Waals surface area contributed by atoms with E-state index in [1.54, 1.807) is 44.2 Å². The number of hydrogen-bond donors (Lipinski definition) is 6. The second-order valence-corrected chi connectivity index (χ2v) is 13.1. The summed E-state index contributed by atoms with van der Waals surface area (Å²) in [7, 11) is -0.289. The molecule has 0 saturated carbocycles. The second-order valence-electron chi connectivity index (χ2n) is 11.4. The van der Waals surface area contributed by atoms with Gasteiger partial charge in [0.1, 0.15) is 17.5 Å². The largest absolute Gasteiger partial charge is 0.455 e. The maximum Gasteiger partial charge on any atom is 0.269 e. The minimum Gasteiger partial charge on any atom is -0.455 e. The molecule has 220 valence electrons. The Hall–Kier alpha value is -3.42. The number of carbonyl (C=O) groups is 1. The fourth-order valence-corrected chi connectivity index (χ4v) is 7.12. The van der Waals surface area contributed by atoms with E-state index in [0.29, 0.717) is 29.0 Å². The average Bonchev–Trinajstić information content (AvgIpc) is 3.40. The van der Waals surface area contributed by atoms with Gasteiger partial charge in [0.15, 0.2) is 10.6 Å². The van der Waals surface area contributed by atoms with Crippen molar-refractivity contribution in [2.24, 2.45) is 0 Å². The molecule has 1 aliphatic carbocycles. The Morgan fingerprint density at radius 1 is 1.17 bits per heavy atom. The number of hydrogen-bond acceptors (Lipinski definition) is 8. The van der Waals surface area contributed by atoms with Crippen LogP contribution >= 0.6 is 0 Å². The quantitative estimate of drug-likeness (QED) is 0.219. The number of anilines is 1. The lowest BCUT2D eigenvalue weighted by Gasteiger charge is -2.38. The number of nitrogens with two attached hydrogens (primary N) is 1. The zero-order chi connectivity index (χ0) is 30.1. The molecule has 3 unspecified atom stereocenters. The Morgan fingerprint density at radius 2 is 1.88 bits per heavy atom. The van der Waals surface area contributed by atoms with Crippen LogP contribution in [-0.4, -0.2) is 61.6 Å². The molecule has 0 radical (unpaired) electrons. The Balaban J connectivity index is 1.60. The maximum atomic E-state index is 14.0. The maximum absolute atomic E-state index is 14.0. The number of carbonyl (C=O) groups excluding carboxylic acids is 1.